The van der Waals surface area contributed by atoms with Gasteiger partial charge in [0.25, 0.3) is 0 Å². The summed E-state index contributed by atoms with van der Waals surface area (Å²) in [5, 5.41) is 3.55. The summed E-state index contributed by atoms with van der Waals surface area (Å²) >= 11 is 4.06. The van der Waals surface area contributed by atoms with Crippen molar-refractivity contribution >= 4 is 21.8 Å². The van der Waals surface area contributed by atoms with Gasteiger partial charge in [-0.1, -0.05) is 15.9 Å². The van der Waals surface area contributed by atoms with E-state index in [9.17, 15) is 4.79 Å². The summed E-state index contributed by atoms with van der Waals surface area (Å²) in [6.45, 7) is 0.988. The van der Waals surface area contributed by atoms with Crippen molar-refractivity contribution in [3.63, 3.8) is 0 Å². The quantitative estimate of drug-likeness (QED) is 0.653. The van der Waals surface area contributed by atoms with Crippen molar-refractivity contribution in [2.24, 2.45) is 40.4 Å². The lowest BCUT2D eigenvalue weighted by molar-refractivity contribution is -0.145. The SMILES string of the molecule is O=C(NCC12CC3CC(CC(C3)C1)C2)C12C[C@H]3C[C@@H](CC(Br)(C3)C1)C2. The highest BCUT2D eigenvalue weighted by Gasteiger charge is 2.60. The fraction of sp³-hybridized carbons (Fsp3) is 0.955. The van der Waals surface area contributed by atoms with Crippen LogP contribution < -0.4 is 5.32 Å². The molecule has 0 aromatic heterocycles. The van der Waals surface area contributed by atoms with Gasteiger partial charge in [0.15, 0.2) is 0 Å². The van der Waals surface area contributed by atoms with E-state index >= 15 is 0 Å². The Morgan fingerprint density at radius 2 is 1.32 bits per heavy atom. The molecule has 138 valence electrons. The number of hydrogen-bond acceptors (Lipinski definition) is 1. The van der Waals surface area contributed by atoms with E-state index in [1.165, 1.54) is 70.6 Å². The number of amides is 1. The van der Waals surface area contributed by atoms with Crippen LogP contribution in [0, 0.1) is 40.4 Å². The minimum absolute atomic E-state index is 0.0319. The topological polar surface area (TPSA) is 29.1 Å². The van der Waals surface area contributed by atoms with Crippen molar-refractivity contribution in [3.8, 4) is 0 Å². The van der Waals surface area contributed by atoms with E-state index in [0.29, 0.717) is 11.3 Å². The second-order valence-electron chi connectivity index (χ2n) is 11.5. The molecule has 0 radical (unpaired) electrons. The largest absolute Gasteiger partial charge is 0.355 e. The number of alkyl halides is 1. The number of rotatable bonds is 3. The maximum atomic E-state index is 13.4. The Kier molecular flexibility index (Phi) is 3.23. The van der Waals surface area contributed by atoms with Gasteiger partial charge in [0.05, 0.1) is 5.41 Å². The van der Waals surface area contributed by atoms with Crippen molar-refractivity contribution in [2.45, 2.75) is 81.4 Å². The van der Waals surface area contributed by atoms with Gasteiger partial charge in [-0.25, -0.2) is 0 Å². The van der Waals surface area contributed by atoms with Crippen molar-refractivity contribution in [3.05, 3.63) is 0 Å². The summed E-state index contributed by atoms with van der Waals surface area (Å²) in [6.07, 6.45) is 16.1. The molecule has 8 fully saturated rings. The van der Waals surface area contributed by atoms with Crippen molar-refractivity contribution < 1.29 is 4.79 Å². The molecule has 0 aromatic rings. The second-order valence-corrected chi connectivity index (χ2v) is 13.2. The van der Waals surface area contributed by atoms with Crippen LogP contribution in [0.1, 0.15) is 77.0 Å². The van der Waals surface area contributed by atoms with E-state index in [1.54, 1.807) is 0 Å². The molecule has 0 spiro atoms. The van der Waals surface area contributed by atoms with E-state index in [0.717, 1.165) is 42.6 Å². The monoisotopic (exact) mass is 405 g/mol. The first kappa shape index (κ1) is 16.0. The lowest BCUT2D eigenvalue weighted by atomic mass is 9.48. The molecule has 8 saturated carbocycles. The van der Waals surface area contributed by atoms with Crippen molar-refractivity contribution in [1.29, 1.82) is 0 Å². The summed E-state index contributed by atoms with van der Waals surface area (Å²) in [5.74, 6) is 4.97. The first-order valence-corrected chi connectivity index (χ1v) is 11.7. The first-order chi connectivity index (χ1) is 11.9. The third-order valence-electron chi connectivity index (χ3n) is 9.26. The van der Waals surface area contributed by atoms with Gasteiger partial charge in [0.1, 0.15) is 0 Å². The molecular weight excluding hydrogens is 374 g/mol. The number of nitrogens with one attached hydrogen (secondary N) is 1. The minimum Gasteiger partial charge on any atom is -0.355 e. The van der Waals surface area contributed by atoms with Gasteiger partial charge in [-0.2, -0.15) is 0 Å². The minimum atomic E-state index is -0.0319. The molecule has 2 nitrogen and oxygen atoms in total. The van der Waals surface area contributed by atoms with Gasteiger partial charge < -0.3 is 5.32 Å². The average molecular weight is 406 g/mol. The van der Waals surface area contributed by atoms with Crippen molar-refractivity contribution in [1.82, 2.24) is 5.32 Å². The zero-order valence-electron chi connectivity index (χ0n) is 15.4. The molecule has 0 heterocycles. The highest BCUT2D eigenvalue weighted by Crippen LogP contribution is 2.65. The van der Waals surface area contributed by atoms with Crippen LogP contribution >= 0.6 is 15.9 Å². The molecule has 8 aliphatic rings. The molecule has 8 bridgehead atoms. The van der Waals surface area contributed by atoms with Crippen LogP contribution in [0.3, 0.4) is 0 Å². The molecule has 8 aliphatic carbocycles. The standard InChI is InChI=1S/C22H32BrNO/c23-22-10-17-4-18(11-22)9-21(8-17,12-22)19(25)24-13-20-5-14-1-15(6-20)3-16(2-14)7-20/h14-18H,1-13H2,(H,24,25)/t14?,15?,16?,17-,18-,20?,21?,22?/m1/s1. The molecule has 1 amide bonds. The Labute approximate surface area is 160 Å². The Morgan fingerprint density at radius 1 is 0.800 bits per heavy atom. The zero-order valence-corrected chi connectivity index (χ0v) is 17.0. The Hall–Kier alpha value is -0.0500. The fourth-order valence-electron chi connectivity index (χ4n) is 9.38. The Morgan fingerprint density at radius 3 is 1.84 bits per heavy atom. The van der Waals surface area contributed by atoms with Crippen molar-refractivity contribution in [2.75, 3.05) is 6.54 Å². The summed E-state index contributed by atoms with van der Waals surface area (Å²) in [5.41, 5.74) is 0.439. The maximum Gasteiger partial charge on any atom is 0.226 e. The van der Waals surface area contributed by atoms with Crippen LogP contribution in [0.4, 0.5) is 0 Å². The maximum absolute atomic E-state index is 13.4. The van der Waals surface area contributed by atoms with Crippen LogP contribution in [0.2, 0.25) is 0 Å². The molecule has 3 heteroatoms. The predicted octanol–water partition coefficient (Wildman–Crippen LogP) is 5.05. The molecule has 0 aliphatic heterocycles. The normalized spacial score (nSPS) is 57.9. The van der Waals surface area contributed by atoms with Gasteiger partial charge in [-0.3, -0.25) is 4.79 Å². The van der Waals surface area contributed by atoms with Gasteiger partial charge in [-0.05, 0) is 112 Å². The average Bonchev–Trinajstić information content (AvgIpc) is 2.49. The van der Waals surface area contributed by atoms with Crippen LogP contribution in [0.5, 0.6) is 0 Å². The van der Waals surface area contributed by atoms with E-state index in [-0.39, 0.29) is 9.74 Å². The summed E-state index contributed by atoms with van der Waals surface area (Å²) in [4.78, 5) is 13.4. The number of hydrogen-bond donors (Lipinski definition) is 1. The molecule has 0 aromatic carbocycles. The van der Waals surface area contributed by atoms with E-state index in [1.807, 2.05) is 0 Å². The van der Waals surface area contributed by atoms with Gasteiger partial charge in [-0.15, -0.1) is 0 Å². The van der Waals surface area contributed by atoms with E-state index in [4.69, 9.17) is 0 Å². The third-order valence-corrected chi connectivity index (χ3v) is 10.2. The summed E-state index contributed by atoms with van der Waals surface area (Å²) in [7, 11) is 0. The number of halogens is 1. The third kappa shape index (κ3) is 2.43. The number of carbonyl (C=O) groups is 1. The van der Waals surface area contributed by atoms with Crippen LogP contribution in [-0.2, 0) is 4.79 Å². The van der Waals surface area contributed by atoms with Crippen LogP contribution in [-0.4, -0.2) is 16.8 Å². The van der Waals surface area contributed by atoms with Gasteiger partial charge in [0, 0.05) is 10.9 Å². The lowest BCUT2D eigenvalue weighted by Crippen LogP contribution is -2.59. The predicted molar refractivity (Wildman–Crippen MR) is 102 cm³/mol. The van der Waals surface area contributed by atoms with Gasteiger partial charge in [0.2, 0.25) is 5.91 Å². The number of carbonyl (C=O) groups excluding carboxylic acids is 1. The van der Waals surface area contributed by atoms with E-state index in [2.05, 4.69) is 21.2 Å². The molecule has 2 atom stereocenters. The fourth-order valence-corrected chi connectivity index (χ4v) is 10.8. The van der Waals surface area contributed by atoms with Crippen LogP contribution in [0.25, 0.3) is 0 Å². The molecule has 0 saturated heterocycles. The first-order valence-electron chi connectivity index (χ1n) is 10.9. The molecule has 1 N–H and O–H groups in total. The summed E-state index contributed by atoms with van der Waals surface area (Å²) in [6, 6.07) is 0. The lowest BCUT2D eigenvalue weighted by Gasteiger charge is -2.60. The molecule has 25 heavy (non-hydrogen) atoms. The summed E-state index contributed by atoms with van der Waals surface area (Å²) < 4.78 is 0.287. The Balaban J connectivity index is 1.18. The molecular formula is C22H32BrNO. The highest BCUT2D eigenvalue weighted by molar-refractivity contribution is 9.10. The molecule has 0 unspecified atom stereocenters. The van der Waals surface area contributed by atoms with E-state index < -0.39 is 0 Å². The van der Waals surface area contributed by atoms with Gasteiger partial charge >= 0.3 is 0 Å². The van der Waals surface area contributed by atoms with Crippen LogP contribution in [0.15, 0.2) is 0 Å². The second kappa shape index (κ2) is 5.06. The Bertz CT molecular complexity index is 564. The smallest absolute Gasteiger partial charge is 0.226 e. The zero-order chi connectivity index (χ0) is 16.9. The molecule has 8 rings (SSSR count). The highest BCUT2D eigenvalue weighted by atomic mass is 79.9.